The number of hydrogen-bond donors (Lipinski definition) is 0. The first-order valence-corrected chi connectivity index (χ1v) is 7.25. The van der Waals surface area contributed by atoms with Gasteiger partial charge < -0.3 is 9.30 Å². The van der Waals surface area contributed by atoms with Gasteiger partial charge in [0.05, 0.1) is 28.8 Å². The number of benzene rings is 1. The summed E-state index contributed by atoms with van der Waals surface area (Å²) in [6, 6.07) is 7.83. The van der Waals surface area contributed by atoms with Crippen LogP contribution in [0.5, 0.6) is 0 Å². The Balaban J connectivity index is 1.78. The van der Waals surface area contributed by atoms with Crippen LogP contribution in [-0.2, 0) is 18.2 Å². The molecule has 0 N–H and O–H groups in total. The number of nitrogens with zero attached hydrogens (tertiary/aromatic N) is 3. The van der Waals surface area contributed by atoms with E-state index in [1.807, 2.05) is 25.2 Å². The number of fused-ring (bicyclic) bond motifs is 1. The molecule has 1 aliphatic heterocycles. The van der Waals surface area contributed by atoms with Gasteiger partial charge in [0, 0.05) is 20.1 Å². The summed E-state index contributed by atoms with van der Waals surface area (Å²) >= 11 is 0. The molecule has 104 valence electrons. The van der Waals surface area contributed by atoms with Crippen molar-refractivity contribution in [3.63, 3.8) is 0 Å². The SMILES string of the molecule is Cn1c(CCC2CCCCO2)nc2ccc(C#N)cc21. The van der Waals surface area contributed by atoms with Crippen molar-refractivity contribution in [2.75, 3.05) is 6.61 Å². The van der Waals surface area contributed by atoms with Crippen LogP contribution in [0.4, 0.5) is 0 Å². The monoisotopic (exact) mass is 269 g/mol. The Kier molecular flexibility index (Phi) is 3.70. The van der Waals surface area contributed by atoms with E-state index in [9.17, 15) is 0 Å². The standard InChI is InChI=1S/C16H19N3O/c1-19-15-10-12(11-17)5-7-14(15)18-16(19)8-6-13-4-2-3-9-20-13/h5,7,10,13H,2-4,6,8-9H2,1H3. The van der Waals surface area contributed by atoms with Crippen LogP contribution in [0.3, 0.4) is 0 Å². The van der Waals surface area contributed by atoms with Crippen LogP contribution in [0.25, 0.3) is 11.0 Å². The van der Waals surface area contributed by atoms with Gasteiger partial charge in [-0.2, -0.15) is 5.26 Å². The lowest BCUT2D eigenvalue weighted by atomic mass is 10.0. The molecule has 1 aromatic carbocycles. The predicted octanol–water partition coefficient (Wildman–Crippen LogP) is 2.95. The van der Waals surface area contributed by atoms with E-state index >= 15 is 0 Å². The molecule has 1 saturated heterocycles. The van der Waals surface area contributed by atoms with Crippen molar-refractivity contribution in [2.45, 2.75) is 38.2 Å². The highest BCUT2D eigenvalue weighted by Gasteiger charge is 2.15. The Bertz CT molecular complexity index is 648. The quantitative estimate of drug-likeness (QED) is 0.860. The molecule has 1 aliphatic rings. The van der Waals surface area contributed by atoms with E-state index in [0.29, 0.717) is 11.7 Å². The van der Waals surface area contributed by atoms with Crippen molar-refractivity contribution in [3.8, 4) is 6.07 Å². The Hall–Kier alpha value is -1.86. The van der Waals surface area contributed by atoms with Gasteiger partial charge in [-0.15, -0.1) is 0 Å². The molecule has 1 unspecified atom stereocenters. The Morgan fingerprint density at radius 2 is 2.35 bits per heavy atom. The van der Waals surface area contributed by atoms with Gasteiger partial charge in [0.1, 0.15) is 5.82 Å². The van der Waals surface area contributed by atoms with Crippen LogP contribution in [0.2, 0.25) is 0 Å². The summed E-state index contributed by atoms with van der Waals surface area (Å²) < 4.78 is 7.87. The maximum Gasteiger partial charge on any atom is 0.109 e. The first kappa shape index (κ1) is 13.1. The second kappa shape index (κ2) is 5.64. The average Bonchev–Trinajstić information content (AvgIpc) is 2.82. The molecule has 4 heteroatoms. The Morgan fingerprint density at radius 1 is 1.45 bits per heavy atom. The normalized spacial score (nSPS) is 19.1. The first-order valence-electron chi connectivity index (χ1n) is 7.25. The summed E-state index contributed by atoms with van der Waals surface area (Å²) in [5.41, 5.74) is 2.68. The summed E-state index contributed by atoms with van der Waals surface area (Å²) in [5, 5.41) is 8.97. The van der Waals surface area contributed by atoms with Gasteiger partial charge in [0.25, 0.3) is 0 Å². The van der Waals surface area contributed by atoms with E-state index in [4.69, 9.17) is 10.00 Å². The van der Waals surface area contributed by atoms with Crippen LogP contribution < -0.4 is 0 Å². The summed E-state index contributed by atoms with van der Waals surface area (Å²) in [6.45, 7) is 0.902. The summed E-state index contributed by atoms with van der Waals surface area (Å²) in [6.07, 6.45) is 5.99. The van der Waals surface area contributed by atoms with Crippen molar-refractivity contribution < 1.29 is 4.74 Å². The number of hydrogen-bond acceptors (Lipinski definition) is 3. The van der Waals surface area contributed by atoms with Crippen LogP contribution in [0.15, 0.2) is 18.2 Å². The number of rotatable bonds is 3. The molecular formula is C16H19N3O. The highest BCUT2D eigenvalue weighted by molar-refractivity contribution is 5.77. The van der Waals surface area contributed by atoms with Crippen LogP contribution >= 0.6 is 0 Å². The van der Waals surface area contributed by atoms with Crippen LogP contribution in [-0.4, -0.2) is 22.3 Å². The second-order valence-electron chi connectivity index (χ2n) is 5.43. The highest BCUT2D eigenvalue weighted by atomic mass is 16.5. The molecule has 1 atom stereocenters. The summed E-state index contributed by atoms with van der Waals surface area (Å²) in [4.78, 5) is 4.67. The van der Waals surface area contributed by atoms with Gasteiger partial charge in [0.2, 0.25) is 0 Å². The molecule has 0 radical (unpaired) electrons. The minimum absolute atomic E-state index is 0.387. The number of aryl methyl sites for hydroxylation is 2. The maximum atomic E-state index is 8.97. The van der Waals surface area contributed by atoms with Gasteiger partial charge >= 0.3 is 0 Å². The maximum absolute atomic E-state index is 8.97. The van der Waals surface area contributed by atoms with Crippen molar-refractivity contribution in [1.82, 2.24) is 9.55 Å². The van der Waals surface area contributed by atoms with E-state index in [0.717, 1.165) is 36.3 Å². The van der Waals surface area contributed by atoms with Gasteiger partial charge in [0.15, 0.2) is 0 Å². The van der Waals surface area contributed by atoms with E-state index in [2.05, 4.69) is 15.6 Å². The van der Waals surface area contributed by atoms with Crippen molar-refractivity contribution in [1.29, 1.82) is 5.26 Å². The number of nitriles is 1. The molecule has 2 heterocycles. The Morgan fingerprint density at radius 3 is 3.10 bits per heavy atom. The minimum Gasteiger partial charge on any atom is -0.378 e. The molecular weight excluding hydrogens is 250 g/mol. The van der Waals surface area contributed by atoms with Gasteiger partial charge in [-0.3, -0.25) is 0 Å². The third-order valence-corrected chi connectivity index (χ3v) is 4.07. The fourth-order valence-corrected chi connectivity index (χ4v) is 2.86. The molecule has 0 spiro atoms. The van der Waals surface area contributed by atoms with E-state index in [1.165, 1.54) is 19.3 Å². The lowest BCUT2D eigenvalue weighted by molar-refractivity contribution is 0.0111. The predicted molar refractivity (Wildman–Crippen MR) is 77.3 cm³/mol. The van der Waals surface area contributed by atoms with Crippen LogP contribution in [0.1, 0.15) is 37.1 Å². The third-order valence-electron chi connectivity index (χ3n) is 4.07. The van der Waals surface area contributed by atoms with E-state index in [1.54, 1.807) is 0 Å². The molecule has 20 heavy (non-hydrogen) atoms. The molecule has 2 aromatic rings. The van der Waals surface area contributed by atoms with Crippen molar-refractivity contribution >= 4 is 11.0 Å². The fraction of sp³-hybridized carbons (Fsp3) is 0.500. The number of ether oxygens (including phenoxy) is 1. The molecule has 0 saturated carbocycles. The first-order chi connectivity index (χ1) is 9.78. The number of aromatic nitrogens is 2. The minimum atomic E-state index is 0.387. The molecule has 1 aromatic heterocycles. The zero-order valence-electron chi connectivity index (χ0n) is 11.8. The molecule has 0 amide bonds. The third kappa shape index (κ3) is 2.54. The van der Waals surface area contributed by atoms with Crippen molar-refractivity contribution in [3.05, 3.63) is 29.6 Å². The molecule has 1 fully saturated rings. The largest absolute Gasteiger partial charge is 0.378 e. The van der Waals surface area contributed by atoms with Crippen molar-refractivity contribution in [2.24, 2.45) is 7.05 Å². The molecule has 4 nitrogen and oxygen atoms in total. The summed E-state index contributed by atoms with van der Waals surface area (Å²) in [7, 11) is 2.02. The van der Waals surface area contributed by atoms with E-state index < -0.39 is 0 Å². The van der Waals surface area contributed by atoms with Gasteiger partial charge in [-0.05, 0) is 43.9 Å². The lowest BCUT2D eigenvalue weighted by Gasteiger charge is -2.22. The summed E-state index contributed by atoms with van der Waals surface area (Å²) in [5.74, 6) is 1.07. The average molecular weight is 269 g/mol. The molecule has 0 aliphatic carbocycles. The zero-order valence-corrected chi connectivity index (χ0v) is 11.8. The Labute approximate surface area is 119 Å². The van der Waals surface area contributed by atoms with Gasteiger partial charge in [-0.1, -0.05) is 0 Å². The van der Waals surface area contributed by atoms with Crippen LogP contribution in [0, 0.1) is 11.3 Å². The molecule has 3 rings (SSSR count). The topological polar surface area (TPSA) is 50.8 Å². The highest BCUT2D eigenvalue weighted by Crippen LogP contribution is 2.20. The molecule has 0 bridgehead atoms. The second-order valence-corrected chi connectivity index (χ2v) is 5.43. The smallest absolute Gasteiger partial charge is 0.109 e. The number of imidazole rings is 1. The zero-order chi connectivity index (χ0) is 13.9. The fourth-order valence-electron chi connectivity index (χ4n) is 2.86. The van der Waals surface area contributed by atoms with E-state index in [-0.39, 0.29) is 0 Å². The lowest BCUT2D eigenvalue weighted by Crippen LogP contribution is -2.20. The van der Waals surface area contributed by atoms with Gasteiger partial charge in [-0.25, -0.2) is 4.98 Å².